The minimum Gasteiger partial charge on any atom is -0.382 e. The van der Waals surface area contributed by atoms with E-state index in [1.54, 1.807) is 11.1 Å². The fourth-order valence-corrected chi connectivity index (χ4v) is 2.21. The number of hydrogen-bond acceptors (Lipinski definition) is 3. The van der Waals surface area contributed by atoms with Crippen molar-refractivity contribution in [3.05, 3.63) is 54.4 Å². The summed E-state index contributed by atoms with van der Waals surface area (Å²) in [6.07, 6.45) is 2.70. The van der Waals surface area contributed by atoms with E-state index in [1.807, 2.05) is 49.4 Å². The molecule has 0 radical (unpaired) electrons. The van der Waals surface area contributed by atoms with Crippen molar-refractivity contribution in [1.29, 1.82) is 0 Å². The van der Waals surface area contributed by atoms with Gasteiger partial charge in [-0.15, -0.1) is 0 Å². The molecule has 0 saturated heterocycles. The zero-order valence-corrected chi connectivity index (χ0v) is 13.4. The molecule has 0 fully saturated rings. The number of anilines is 2. The number of rotatable bonds is 6. The van der Waals surface area contributed by atoms with Crippen molar-refractivity contribution in [2.45, 2.75) is 33.2 Å². The number of para-hydroxylation sites is 1. The van der Waals surface area contributed by atoms with Gasteiger partial charge in [-0.05, 0) is 44.5 Å². The lowest BCUT2D eigenvalue weighted by Crippen LogP contribution is -2.31. The number of pyridine rings is 1. The molecule has 1 amide bonds. The normalized spacial score (nSPS) is 11.8. The van der Waals surface area contributed by atoms with Gasteiger partial charge in [0.2, 0.25) is 0 Å². The van der Waals surface area contributed by atoms with E-state index in [4.69, 9.17) is 0 Å². The second kappa shape index (κ2) is 7.59. The minimum absolute atomic E-state index is 0.0819. The van der Waals surface area contributed by atoms with Gasteiger partial charge >= 0.3 is 0 Å². The van der Waals surface area contributed by atoms with Gasteiger partial charge < -0.3 is 10.2 Å². The number of hydrogen-bond donors (Lipinski definition) is 1. The lowest BCUT2D eigenvalue weighted by atomic mass is 10.2. The van der Waals surface area contributed by atoms with Gasteiger partial charge in [0, 0.05) is 30.2 Å². The van der Waals surface area contributed by atoms with Gasteiger partial charge in [-0.3, -0.25) is 9.78 Å². The Morgan fingerprint density at radius 1 is 1.23 bits per heavy atom. The van der Waals surface area contributed by atoms with Crippen LogP contribution in [-0.4, -0.2) is 23.5 Å². The Morgan fingerprint density at radius 3 is 2.59 bits per heavy atom. The first-order valence-corrected chi connectivity index (χ1v) is 7.75. The summed E-state index contributed by atoms with van der Waals surface area (Å²) >= 11 is 0. The van der Waals surface area contributed by atoms with E-state index < -0.39 is 0 Å². The van der Waals surface area contributed by atoms with Crippen LogP contribution in [0.2, 0.25) is 0 Å². The number of carbonyl (C=O) groups excluding carboxylic acids is 1. The van der Waals surface area contributed by atoms with Gasteiger partial charge in [0.05, 0.1) is 0 Å². The van der Waals surface area contributed by atoms with Crippen LogP contribution < -0.4 is 10.2 Å². The molecule has 0 aliphatic rings. The molecule has 1 heterocycles. The molecule has 0 aliphatic heterocycles. The smallest absolute Gasteiger partial charge is 0.276 e. The van der Waals surface area contributed by atoms with Gasteiger partial charge in [-0.25, -0.2) is 0 Å². The summed E-state index contributed by atoms with van der Waals surface area (Å²) in [5, 5.41) is 3.37. The van der Waals surface area contributed by atoms with Crippen LogP contribution in [-0.2, 0) is 0 Å². The zero-order valence-electron chi connectivity index (χ0n) is 13.4. The maximum absolute atomic E-state index is 12.7. The summed E-state index contributed by atoms with van der Waals surface area (Å²) in [5.74, 6) is -0.0819. The maximum atomic E-state index is 12.7. The van der Waals surface area contributed by atoms with Crippen molar-refractivity contribution >= 4 is 17.3 Å². The van der Waals surface area contributed by atoms with E-state index >= 15 is 0 Å². The average molecular weight is 297 g/mol. The first-order chi connectivity index (χ1) is 10.7. The molecule has 2 rings (SSSR count). The third kappa shape index (κ3) is 3.85. The molecule has 22 heavy (non-hydrogen) atoms. The quantitative estimate of drug-likeness (QED) is 0.878. The molecule has 116 valence electrons. The van der Waals surface area contributed by atoms with Crippen molar-refractivity contribution in [2.24, 2.45) is 0 Å². The highest BCUT2D eigenvalue weighted by atomic mass is 16.2. The van der Waals surface area contributed by atoms with Crippen molar-refractivity contribution in [1.82, 2.24) is 4.98 Å². The fraction of sp³-hybridized carbons (Fsp3) is 0.333. The Morgan fingerprint density at radius 2 is 1.95 bits per heavy atom. The van der Waals surface area contributed by atoms with Crippen LogP contribution in [0.3, 0.4) is 0 Å². The van der Waals surface area contributed by atoms with E-state index in [1.165, 1.54) is 0 Å². The van der Waals surface area contributed by atoms with Crippen molar-refractivity contribution < 1.29 is 4.79 Å². The summed E-state index contributed by atoms with van der Waals surface area (Å²) in [5.41, 5.74) is 2.27. The topological polar surface area (TPSA) is 45.2 Å². The predicted molar refractivity (Wildman–Crippen MR) is 91.4 cm³/mol. The number of benzene rings is 1. The number of nitrogens with zero attached hydrogens (tertiary/aromatic N) is 2. The Labute approximate surface area is 132 Å². The van der Waals surface area contributed by atoms with Crippen molar-refractivity contribution in [3.8, 4) is 0 Å². The Kier molecular flexibility index (Phi) is 5.53. The maximum Gasteiger partial charge on any atom is 0.276 e. The molecule has 0 saturated carbocycles. The largest absolute Gasteiger partial charge is 0.382 e. The molecule has 1 aromatic heterocycles. The first-order valence-electron chi connectivity index (χ1n) is 7.75. The molecule has 2 aromatic rings. The van der Waals surface area contributed by atoms with Crippen LogP contribution in [0.25, 0.3) is 0 Å². The van der Waals surface area contributed by atoms with E-state index in [2.05, 4.69) is 24.1 Å². The van der Waals surface area contributed by atoms with Gasteiger partial charge in [-0.1, -0.05) is 25.1 Å². The zero-order chi connectivity index (χ0) is 15.9. The second-order valence-corrected chi connectivity index (χ2v) is 5.27. The third-order valence-electron chi connectivity index (χ3n) is 3.63. The van der Waals surface area contributed by atoms with E-state index in [0.29, 0.717) is 18.3 Å². The number of carbonyl (C=O) groups is 1. The fourth-order valence-electron chi connectivity index (χ4n) is 2.21. The van der Waals surface area contributed by atoms with E-state index in [0.717, 1.165) is 17.8 Å². The Hall–Kier alpha value is -2.36. The van der Waals surface area contributed by atoms with Gasteiger partial charge in [0.15, 0.2) is 0 Å². The highest BCUT2D eigenvalue weighted by molar-refractivity contribution is 6.05. The number of amides is 1. The van der Waals surface area contributed by atoms with Crippen LogP contribution in [0.4, 0.5) is 11.4 Å². The minimum atomic E-state index is -0.0819. The summed E-state index contributed by atoms with van der Waals surface area (Å²) in [4.78, 5) is 18.7. The molecule has 1 atom stereocenters. The molecule has 1 unspecified atom stereocenters. The van der Waals surface area contributed by atoms with Crippen LogP contribution >= 0.6 is 0 Å². The molecule has 1 aromatic carbocycles. The summed E-state index contributed by atoms with van der Waals surface area (Å²) in [6, 6.07) is 13.7. The second-order valence-electron chi connectivity index (χ2n) is 5.27. The van der Waals surface area contributed by atoms with Gasteiger partial charge in [0.1, 0.15) is 5.69 Å². The molecular formula is C18H23N3O. The number of nitrogens with one attached hydrogen (secondary N) is 1. The van der Waals surface area contributed by atoms with E-state index in [9.17, 15) is 4.79 Å². The lowest BCUT2D eigenvalue weighted by Gasteiger charge is -2.21. The van der Waals surface area contributed by atoms with Crippen molar-refractivity contribution in [3.63, 3.8) is 0 Å². The van der Waals surface area contributed by atoms with Crippen LogP contribution in [0.1, 0.15) is 37.7 Å². The van der Waals surface area contributed by atoms with Crippen molar-refractivity contribution in [2.75, 3.05) is 16.8 Å². The van der Waals surface area contributed by atoms with Gasteiger partial charge in [-0.2, -0.15) is 0 Å². The first kappa shape index (κ1) is 16.0. The highest BCUT2D eigenvalue weighted by Crippen LogP contribution is 2.17. The molecule has 4 heteroatoms. The molecule has 0 spiro atoms. The summed E-state index contributed by atoms with van der Waals surface area (Å²) in [6.45, 7) is 6.81. The lowest BCUT2D eigenvalue weighted by molar-refractivity contribution is 0.0983. The predicted octanol–water partition coefficient (Wildman–Crippen LogP) is 3.96. The molecule has 4 nitrogen and oxygen atoms in total. The molecule has 0 aliphatic carbocycles. The van der Waals surface area contributed by atoms with Gasteiger partial charge in [0.25, 0.3) is 5.91 Å². The Bertz CT molecular complexity index is 613. The third-order valence-corrected chi connectivity index (χ3v) is 3.63. The highest BCUT2D eigenvalue weighted by Gasteiger charge is 2.17. The summed E-state index contributed by atoms with van der Waals surface area (Å²) < 4.78 is 0. The SMILES string of the molecule is CCC(C)Nc1ccnc(C(=O)N(CC)c2ccccc2)c1. The standard InChI is InChI=1S/C18H23N3O/c1-4-14(3)20-15-11-12-19-17(13-15)18(22)21(5-2)16-9-7-6-8-10-16/h6-14H,4-5H2,1-3H3,(H,19,20). The number of aromatic nitrogens is 1. The average Bonchev–Trinajstić information content (AvgIpc) is 2.56. The van der Waals surface area contributed by atoms with Crippen LogP contribution in [0.5, 0.6) is 0 Å². The van der Waals surface area contributed by atoms with Crippen LogP contribution in [0.15, 0.2) is 48.7 Å². The van der Waals surface area contributed by atoms with E-state index in [-0.39, 0.29) is 5.91 Å². The molecular weight excluding hydrogens is 274 g/mol. The molecule has 1 N–H and O–H groups in total. The molecule has 0 bridgehead atoms. The summed E-state index contributed by atoms with van der Waals surface area (Å²) in [7, 11) is 0. The van der Waals surface area contributed by atoms with Crippen LogP contribution in [0, 0.1) is 0 Å². The Balaban J connectivity index is 2.23. The monoisotopic (exact) mass is 297 g/mol.